The molecule has 2 bridgehead atoms. The number of benzene rings is 2. The van der Waals surface area contributed by atoms with Crippen molar-refractivity contribution >= 4 is 0 Å². The number of pyridine rings is 1. The molecule has 3 heterocycles. The molecular formula is C28H27F6N3O. The summed E-state index contributed by atoms with van der Waals surface area (Å²) in [4.78, 5) is 9.04. The van der Waals surface area contributed by atoms with Gasteiger partial charge in [-0.1, -0.05) is 42.5 Å². The monoisotopic (exact) mass is 535 g/mol. The third-order valence-electron chi connectivity index (χ3n) is 7.71. The number of piperazine rings is 1. The fourth-order valence-electron chi connectivity index (χ4n) is 5.70. The molecule has 1 N–H and O–H groups in total. The lowest BCUT2D eigenvalue weighted by molar-refractivity contribution is -0.376. The largest absolute Gasteiger partial charge is 0.430 e. The summed E-state index contributed by atoms with van der Waals surface area (Å²) in [6, 6.07) is 14.5. The van der Waals surface area contributed by atoms with Crippen molar-refractivity contribution in [1.82, 2.24) is 14.8 Å². The van der Waals surface area contributed by atoms with Gasteiger partial charge in [0.05, 0.1) is 0 Å². The summed E-state index contributed by atoms with van der Waals surface area (Å²) in [7, 11) is 0. The molecule has 3 aromatic rings. The van der Waals surface area contributed by atoms with E-state index in [1.54, 1.807) is 12.4 Å². The SMILES string of the molecule is Cc1cc(CN2CC3CC2CN3Cc2ccncc2)ccc1-c1ccc(C(O)(C(F)(F)F)C(F)(F)F)cc1. The fraction of sp³-hybridized carbons (Fsp3) is 0.393. The molecule has 0 aliphatic carbocycles. The molecule has 4 nitrogen and oxygen atoms in total. The van der Waals surface area contributed by atoms with Gasteiger partial charge >= 0.3 is 12.4 Å². The van der Waals surface area contributed by atoms with Gasteiger partial charge in [0.1, 0.15) is 0 Å². The first-order valence-corrected chi connectivity index (χ1v) is 12.3. The van der Waals surface area contributed by atoms with Crippen molar-refractivity contribution in [1.29, 1.82) is 0 Å². The average molecular weight is 536 g/mol. The first-order chi connectivity index (χ1) is 17.9. The number of aromatic nitrogens is 1. The Hall–Kier alpha value is -2.95. The maximum Gasteiger partial charge on any atom is 0.430 e. The van der Waals surface area contributed by atoms with Crippen molar-refractivity contribution in [2.24, 2.45) is 0 Å². The zero-order valence-electron chi connectivity index (χ0n) is 20.6. The van der Waals surface area contributed by atoms with E-state index in [9.17, 15) is 31.4 Å². The van der Waals surface area contributed by atoms with Gasteiger partial charge in [0.2, 0.25) is 0 Å². The van der Waals surface area contributed by atoms with Crippen molar-refractivity contribution in [2.75, 3.05) is 13.1 Å². The molecule has 10 heteroatoms. The minimum atomic E-state index is -5.91. The Morgan fingerprint density at radius 3 is 1.84 bits per heavy atom. The van der Waals surface area contributed by atoms with Crippen molar-refractivity contribution < 1.29 is 31.4 Å². The molecule has 2 fully saturated rings. The third-order valence-corrected chi connectivity index (χ3v) is 7.71. The topological polar surface area (TPSA) is 39.6 Å². The van der Waals surface area contributed by atoms with E-state index in [1.807, 2.05) is 37.3 Å². The van der Waals surface area contributed by atoms with Crippen LogP contribution in [0.2, 0.25) is 0 Å². The molecule has 38 heavy (non-hydrogen) atoms. The van der Waals surface area contributed by atoms with Gasteiger partial charge < -0.3 is 5.11 Å². The highest BCUT2D eigenvalue weighted by Gasteiger charge is 2.71. The molecule has 202 valence electrons. The average Bonchev–Trinajstić information content (AvgIpc) is 3.43. The van der Waals surface area contributed by atoms with Crippen molar-refractivity contribution in [3.8, 4) is 11.1 Å². The second-order valence-corrected chi connectivity index (χ2v) is 10.2. The van der Waals surface area contributed by atoms with Gasteiger partial charge in [-0.2, -0.15) is 26.3 Å². The van der Waals surface area contributed by atoms with Crippen LogP contribution >= 0.6 is 0 Å². The summed E-state index contributed by atoms with van der Waals surface area (Å²) in [5.74, 6) is 0. The Balaban J connectivity index is 1.26. The normalized spacial score (nSPS) is 20.8. The number of hydrogen-bond donors (Lipinski definition) is 1. The highest BCUT2D eigenvalue weighted by Crippen LogP contribution is 2.50. The van der Waals surface area contributed by atoms with E-state index < -0.39 is 23.5 Å². The summed E-state index contributed by atoms with van der Waals surface area (Å²) < 4.78 is 79.1. The van der Waals surface area contributed by atoms with Crippen LogP contribution in [0.15, 0.2) is 67.0 Å². The number of likely N-dealkylation sites (tertiary alicyclic amines) is 2. The Kier molecular flexibility index (Phi) is 6.77. The molecule has 2 aromatic carbocycles. The van der Waals surface area contributed by atoms with Gasteiger partial charge in [0.15, 0.2) is 0 Å². The van der Waals surface area contributed by atoms with E-state index in [4.69, 9.17) is 0 Å². The minimum absolute atomic E-state index is 0.468. The van der Waals surface area contributed by atoms with E-state index in [0.717, 1.165) is 43.7 Å². The maximum atomic E-state index is 13.2. The number of hydrogen-bond acceptors (Lipinski definition) is 4. The lowest BCUT2D eigenvalue weighted by Gasteiger charge is -2.34. The van der Waals surface area contributed by atoms with Crippen LogP contribution in [0, 0.1) is 6.92 Å². The van der Waals surface area contributed by atoms with Crippen molar-refractivity contribution in [3.05, 3.63) is 89.2 Å². The lowest BCUT2D eigenvalue weighted by atomic mass is 9.90. The molecule has 1 aromatic heterocycles. The van der Waals surface area contributed by atoms with Gasteiger partial charge in [0.25, 0.3) is 5.60 Å². The minimum Gasteiger partial charge on any atom is -0.369 e. The van der Waals surface area contributed by atoms with Gasteiger partial charge in [-0.05, 0) is 53.3 Å². The predicted octanol–water partition coefficient (Wildman–Crippen LogP) is 5.83. The van der Waals surface area contributed by atoms with Crippen LogP contribution in [0.5, 0.6) is 0 Å². The Labute approximate surface area is 216 Å². The summed E-state index contributed by atoms with van der Waals surface area (Å²) in [6.45, 7) is 5.51. The number of alkyl halides is 6. The first-order valence-electron chi connectivity index (χ1n) is 12.3. The van der Waals surface area contributed by atoms with Crippen LogP contribution in [0.1, 0.15) is 28.7 Å². The highest BCUT2D eigenvalue weighted by atomic mass is 19.4. The Morgan fingerprint density at radius 1 is 0.789 bits per heavy atom. The van der Waals surface area contributed by atoms with Crippen LogP contribution in [-0.4, -0.2) is 57.4 Å². The standard InChI is InChI=1S/C28H27F6N3O/c1-18-12-20(15-37-17-23-13-24(37)16-36(23)14-19-8-10-35-11-9-19)2-7-25(18)21-3-5-22(6-4-21)26(38,27(29,30)31)28(32,33)34/h2-12,23-24,38H,13-17H2,1H3. The molecule has 5 rings (SSSR count). The van der Waals surface area contributed by atoms with Gasteiger partial charge in [0, 0.05) is 56.2 Å². The summed E-state index contributed by atoms with van der Waals surface area (Å²) in [5.41, 5.74) is -1.82. The van der Waals surface area contributed by atoms with Gasteiger partial charge in [-0.3, -0.25) is 14.8 Å². The van der Waals surface area contributed by atoms with Crippen LogP contribution in [0.25, 0.3) is 11.1 Å². The maximum absolute atomic E-state index is 13.2. The number of fused-ring (bicyclic) bond motifs is 2. The number of rotatable bonds is 6. The molecule has 2 saturated heterocycles. The van der Waals surface area contributed by atoms with Crippen LogP contribution < -0.4 is 0 Å². The summed E-state index contributed by atoms with van der Waals surface area (Å²) in [5, 5.41) is 9.62. The molecular weight excluding hydrogens is 508 g/mol. The Morgan fingerprint density at radius 2 is 1.34 bits per heavy atom. The molecule has 0 saturated carbocycles. The van der Waals surface area contributed by atoms with Crippen LogP contribution in [0.4, 0.5) is 26.3 Å². The van der Waals surface area contributed by atoms with E-state index in [2.05, 4.69) is 14.8 Å². The molecule has 2 aliphatic heterocycles. The summed E-state index contributed by atoms with van der Waals surface area (Å²) in [6.07, 6.45) is -7.08. The molecule has 2 atom stereocenters. The number of halogens is 6. The summed E-state index contributed by atoms with van der Waals surface area (Å²) >= 11 is 0. The van der Waals surface area contributed by atoms with Gasteiger partial charge in [-0.15, -0.1) is 0 Å². The Bertz CT molecular complexity index is 1260. The second kappa shape index (κ2) is 9.66. The molecule has 0 spiro atoms. The molecule has 2 aliphatic rings. The lowest BCUT2D eigenvalue weighted by Crippen LogP contribution is -2.53. The van der Waals surface area contributed by atoms with Crippen molar-refractivity contribution in [2.45, 2.75) is 56.5 Å². The predicted molar refractivity (Wildman–Crippen MR) is 130 cm³/mol. The zero-order chi connectivity index (χ0) is 27.3. The van der Waals surface area contributed by atoms with E-state index in [0.29, 0.717) is 35.3 Å². The van der Waals surface area contributed by atoms with E-state index in [1.165, 1.54) is 17.7 Å². The second-order valence-electron chi connectivity index (χ2n) is 10.2. The first kappa shape index (κ1) is 26.6. The smallest absolute Gasteiger partial charge is 0.369 e. The van der Waals surface area contributed by atoms with Crippen LogP contribution in [-0.2, 0) is 18.7 Å². The quantitative estimate of drug-likeness (QED) is 0.404. The van der Waals surface area contributed by atoms with Crippen molar-refractivity contribution in [3.63, 3.8) is 0 Å². The fourth-order valence-corrected chi connectivity index (χ4v) is 5.70. The third kappa shape index (κ3) is 4.81. The highest BCUT2D eigenvalue weighted by molar-refractivity contribution is 5.68. The van der Waals surface area contributed by atoms with E-state index in [-0.39, 0.29) is 0 Å². The number of nitrogens with zero attached hydrogens (tertiary/aromatic N) is 3. The number of aryl methyl sites for hydroxylation is 1. The van der Waals surface area contributed by atoms with E-state index >= 15 is 0 Å². The molecule has 0 radical (unpaired) electrons. The molecule has 0 amide bonds. The van der Waals surface area contributed by atoms with Crippen LogP contribution in [0.3, 0.4) is 0 Å². The van der Waals surface area contributed by atoms with Gasteiger partial charge in [-0.25, -0.2) is 0 Å². The molecule has 2 unspecified atom stereocenters. The zero-order valence-corrected chi connectivity index (χ0v) is 20.6. The number of aliphatic hydroxyl groups is 1.